The number of aromatic nitrogens is 1. The average Bonchev–Trinajstić information content (AvgIpc) is 3.01. The number of nitrogens with zero attached hydrogens (tertiary/aromatic N) is 1. The van der Waals surface area contributed by atoms with Crippen molar-refractivity contribution in [2.45, 2.75) is 6.61 Å². The van der Waals surface area contributed by atoms with Gasteiger partial charge in [-0.05, 0) is 24.3 Å². The lowest BCUT2D eigenvalue weighted by molar-refractivity contribution is 0.0463. The van der Waals surface area contributed by atoms with E-state index in [4.69, 9.17) is 4.74 Å². The first kappa shape index (κ1) is 15.2. The number of anilines is 2. The van der Waals surface area contributed by atoms with Crippen LogP contribution in [0.1, 0.15) is 16.1 Å². The molecule has 0 aliphatic carbocycles. The van der Waals surface area contributed by atoms with Gasteiger partial charge >= 0.3 is 5.97 Å². The minimum Gasteiger partial charge on any atom is -0.455 e. The number of benzene rings is 2. The topological polar surface area (TPSA) is 51.2 Å². The van der Waals surface area contributed by atoms with Gasteiger partial charge in [0.25, 0.3) is 0 Å². The van der Waals surface area contributed by atoms with Gasteiger partial charge in [0.2, 0.25) is 0 Å². The summed E-state index contributed by atoms with van der Waals surface area (Å²) in [4.78, 5) is 16.2. The molecule has 23 heavy (non-hydrogen) atoms. The molecule has 0 aliphatic heterocycles. The second-order valence-electron chi connectivity index (χ2n) is 4.69. The van der Waals surface area contributed by atoms with E-state index in [9.17, 15) is 9.18 Å². The summed E-state index contributed by atoms with van der Waals surface area (Å²) >= 11 is 1.41. The summed E-state index contributed by atoms with van der Waals surface area (Å²) in [5.41, 5.74) is 1.46. The zero-order valence-corrected chi connectivity index (χ0v) is 12.8. The van der Waals surface area contributed by atoms with Gasteiger partial charge in [-0.1, -0.05) is 30.3 Å². The predicted octanol–water partition coefficient (Wildman–Crippen LogP) is 4.38. The molecule has 0 radical (unpaired) electrons. The van der Waals surface area contributed by atoms with Crippen molar-refractivity contribution in [1.29, 1.82) is 0 Å². The van der Waals surface area contributed by atoms with Crippen LogP contribution in [0.2, 0.25) is 0 Å². The molecule has 0 bridgehead atoms. The maximum atomic E-state index is 13.5. The first-order valence-electron chi connectivity index (χ1n) is 6.90. The molecule has 0 saturated carbocycles. The van der Waals surface area contributed by atoms with Crippen LogP contribution >= 0.6 is 11.3 Å². The fraction of sp³-hybridized carbons (Fsp3) is 0.0588. The summed E-state index contributed by atoms with van der Waals surface area (Å²) in [6.07, 6.45) is 0. The lowest BCUT2D eigenvalue weighted by Crippen LogP contribution is -2.07. The van der Waals surface area contributed by atoms with E-state index in [1.807, 2.05) is 30.3 Å². The molecule has 0 atom stereocenters. The van der Waals surface area contributed by atoms with Crippen LogP contribution in [0.25, 0.3) is 0 Å². The Balaban J connectivity index is 1.59. The Kier molecular flexibility index (Phi) is 4.63. The maximum absolute atomic E-state index is 13.5. The van der Waals surface area contributed by atoms with E-state index in [1.54, 1.807) is 11.4 Å². The molecule has 1 N–H and O–H groups in total. The molecule has 0 unspecified atom stereocenters. The highest BCUT2D eigenvalue weighted by atomic mass is 32.1. The molecular formula is C17H13FN2O2S. The van der Waals surface area contributed by atoms with E-state index in [0.29, 0.717) is 10.8 Å². The number of halogens is 1. The predicted molar refractivity (Wildman–Crippen MR) is 87.4 cm³/mol. The van der Waals surface area contributed by atoms with Crippen LogP contribution in [0, 0.1) is 5.82 Å². The Bertz CT molecular complexity index is 805. The highest BCUT2D eigenvalue weighted by Gasteiger charge is 2.13. The molecule has 0 spiro atoms. The molecule has 0 amide bonds. The van der Waals surface area contributed by atoms with Gasteiger partial charge in [0.15, 0.2) is 5.13 Å². The van der Waals surface area contributed by atoms with E-state index in [2.05, 4.69) is 10.3 Å². The van der Waals surface area contributed by atoms with Crippen LogP contribution in [0.15, 0.2) is 60.0 Å². The fourth-order valence-corrected chi connectivity index (χ4v) is 2.63. The molecule has 0 saturated heterocycles. The van der Waals surface area contributed by atoms with Gasteiger partial charge in [-0.25, -0.2) is 14.2 Å². The number of carbonyl (C=O) groups excluding carboxylic acids is 1. The Hall–Kier alpha value is -2.73. The second-order valence-corrected chi connectivity index (χ2v) is 5.55. The first-order valence-corrected chi connectivity index (χ1v) is 7.78. The molecule has 1 heterocycles. The van der Waals surface area contributed by atoms with E-state index < -0.39 is 11.8 Å². The SMILES string of the molecule is O=C(OCc1csc(Nc2ccccc2)n1)c1ccccc1F. The number of hydrogen-bond donors (Lipinski definition) is 1. The fourth-order valence-electron chi connectivity index (χ4n) is 1.92. The minimum atomic E-state index is -0.700. The van der Waals surface area contributed by atoms with Crippen LogP contribution < -0.4 is 5.32 Å². The van der Waals surface area contributed by atoms with Crippen LogP contribution in [0.4, 0.5) is 15.2 Å². The van der Waals surface area contributed by atoms with Crippen molar-refractivity contribution in [3.63, 3.8) is 0 Å². The molecule has 0 aliphatic rings. The monoisotopic (exact) mass is 328 g/mol. The summed E-state index contributed by atoms with van der Waals surface area (Å²) < 4.78 is 18.6. The zero-order chi connectivity index (χ0) is 16.1. The third-order valence-electron chi connectivity index (χ3n) is 3.02. The third kappa shape index (κ3) is 3.92. The highest BCUT2D eigenvalue weighted by molar-refractivity contribution is 7.13. The molecule has 4 nitrogen and oxygen atoms in total. The third-order valence-corrected chi connectivity index (χ3v) is 3.83. The number of para-hydroxylation sites is 1. The van der Waals surface area contributed by atoms with Crippen molar-refractivity contribution in [3.8, 4) is 0 Å². The Morgan fingerprint density at radius 3 is 2.65 bits per heavy atom. The number of thiazole rings is 1. The molecule has 2 aromatic carbocycles. The summed E-state index contributed by atoms with van der Waals surface area (Å²) in [6.45, 7) is 0.000136. The quantitative estimate of drug-likeness (QED) is 0.706. The highest BCUT2D eigenvalue weighted by Crippen LogP contribution is 2.21. The molecule has 1 aromatic heterocycles. The van der Waals surface area contributed by atoms with Gasteiger partial charge in [0.05, 0.1) is 11.3 Å². The number of esters is 1. The van der Waals surface area contributed by atoms with Gasteiger partial charge in [0.1, 0.15) is 12.4 Å². The molecule has 116 valence electrons. The summed E-state index contributed by atoms with van der Waals surface area (Å²) in [5.74, 6) is -1.30. The van der Waals surface area contributed by atoms with E-state index in [0.717, 1.165) is 5.69 Å². The van der Waals surface area contributed by atoms with Crippen molar-refractivity contribution in [3.05, 3.63) is 77.1 Å². The van der Waals surface area contributed by atoms with Crippen molar-refractivity contribution in [2.24, 2.45) is 0 Å². The van der Waals surface area contributed by atoms with Crippen molar-refractivity contribution >= 4 is 28.1 Å². The maximum Gasteiger partial charge on any atom is 0.341 e. The van der Waals surface area contributed by atoms with Gasteiger partial charge in [-0.15, -0.1) is 11.3 Å². The largest absolute Gasteiger partial charge is 0.455 e. The molecule has 6 heteroatoms. The molecule has 3 rings (SSSR count). The van der Waals surface area contributed by atoms with Crippen molar-refractivity contribution in [2.75, 3.05) is 5.32 Å². The molecule has 0 fully saturated rings. The second kappa shape index (κ2) is 7.02. The number of ether oxygens (including phenoxy) is 1. The molecule has 3 aromatic rings. The minimum absolute atomic E-state index is 0.000136. The van der Waals surface area contributed by atoms with Crippen LogP contribution in [-0.4, -0.2) is 11.0 Å². The van der Waals surface area contributed by atoms with Crippen LogP contribution in [0.5, 0.6) is 0 Å². The van der Waals surface area contributed by atoms with Crippen LogP contribution in [-0.2, 0) is 11.3 Å². The van der Waals surface area contributed by atoms with Crippen LogP contribution in [0.3, 0.4) is 0 Å². The Morgan fingerprint density at radius 1 is 1.13 bits per heavy atom. The summed E-state index contributed by atoms with van der Waals surface area (Å²) in [7, 11) is 0. The zero-order valence-electron chi connectivity index (χ0n) is 12.0. The summed E-state index contributed by atoms with van der Waals surface area (Å²) in [6, 6.07) is 15.4. The normalized spacial score (nSPS) is 10.3. The lowest BCUT2D eigenvalue weighted by Gasteiger charge is -2.04. The molecular weight excluding hydrogens is 315 g/mol. The lowest BCUT2D eigenvalue weighted by atomic mass is 10.2. The van der Waals surface area contributed by atoms with Gasteiger partial charge in [-0.3, -0.25) is 0 Å². The van der Waals surface area contributed by atoms with Gasteiger partial charge in [-0.2, -0.15) is 0 Å². The number of rotatable bonds is 5. The van der Waals surface area contributed by atoms with E-state index in [-0.39, 0.29) is 12.2 Å². The smallest absolute Gasteiger partial charge is 0.341 e. The number of carbonyl (C=O) groups is 1. The van der Waals surface area contributed by atoms with Crippen molar-refractivity contribution < 1.29 is 13.9 Å². The summed E-state index contributed by atoms with van der Waals surface area (Å²) in [5, 5.41) is 5.65. The van der Waals surface area contributed by atoms with Gasteiger partial charge < -0.3 is 10.1 Å². The average molecular weight is 328 g/mol. The van der Waals surface area contributed by atoms with E-state index >= 15 is 0 Å². The van der Waals surface area contributed by atoms with E-state index in [1.165, 1.54) is 29.5 Å². The number of nitrogens with one attached hydrogen (secondary N) is 1. The Morgan fingerprint density at radius 2 is 1.87 bits per heavy atom. The Labute approximate surface area is 136 Å². The van der Waals surface area contributed by atoms with Gasteiger partial charge in [0, 0.05) is 11.1 Å². The van der Waals surface area contributed by atoms with Crippen molar-refractivity contribution in [1.82, 2.24) is 4.98 Å². The number of hydrogen-bond acceptors (Lipinski definition) is 5. The first-order chi connectivity index (χ1) is 11.2. The standard InChI is InChI=1S/C17H13FN2O2S/c18-15-9-5-4-8-14(15)16(21)22-10-13-11-23-17(20-13)19-12-6-2-1-3-7-12/h1-9,11H,10H2,(H,19,20).